The summed E-state index contributed by atoms with van der Waals surface area (Å²) in [5, 5.41) is 6.04. The molecule has 1 aliphatic carbocycles. The molecule has 1 aromatic rings. The number of likely N-dealkylation sites (N-methyl/N-ethyl adjacent to an activating group) is 1. The third-order valence-corrected chi connectivity index (χ3v) is 5.05. The molecule has 0 saturated heterocycles. The molecule has 2 unspecified atom stereocenters. The minimum atomic E-state index is 0.584. The lowest BCUT2D eigenvalue weighted by molar-refractivity contribution is 0.216. The second kappa shape index (κ2) is 6.18. The molecule has 102 valence electrons. The summed E-state index contributed by atoms with van der Waals surface area (Å²) in [5.74, 6) is 0.693. The standard InChI is InChI=1S/C15H26N2S/c1-11(2)14(17(3)4)10-16-13-6-5-7-15-12(13)8-9-18-15/h8-9,11,13-14,16H,5-7,10H2,1-4H3. The number of nitrogens with one attached hydrogen (secondary N) is 1. The molecule has 3 heteroatoms. The number of thiophene rings is 1. The Bertz CT molecular complexity index is 362. The Kier molecular flexibility index (Phi) is 4.82. The summed E-state index contributed by atoms with van der Waals surface area (Å²) < 4.78 is 0. The molecule has 1 N–H and O–H groups in total. The molecule has 1 aromatic heterocycles. The summed E-state index contributed by atoms with van der Waals surface area (Å²) in [6, 6.07) is 3.52. The van der Waals surface area contributed by atoms with Crippen LogP contribution in [0.15, 0.2) is 11.4 Å². The maximum absolute atomic E-state index is 3.79. The highest BCUT2D eigenvalue weighted by Gasteiger charge is 2.23. The molecular formula is C15H26N2S. The molecule has 0 bridgehead atoms. The fraction of sp³-hybridized carbons (Fsp3) is 0.733. The third-order valence-electron chi connectivity index (χ3n) is 4.06. The van der Waals surface area contributed by atoms with Crippen LogP contribution in [0.2, 0.25) is 0 Å². The second-order valence-corrected chi connectivity index (χ2v) is 6.93. The van der Waals surface area contributed by atoms with Crippen LogP contribution in [0, 0.1) is 5.92 Å². The first kappa shape index (κ1) is 14.0. The van der Waals surface area contributed by atoms with Gasteiger partial charge in [-0.15, -0.1) is 11.3 Å². The van der Waals surface area contributed by atoms with Crippen LogP contribution >= 0.6 is 11.3 Å². The van der Waals surface area contributed by atoms with Gasteiger partial charge in [0.25, 0.3) is 0 Å². The van der Waals surface area contributed by atoms with E-state index in [1.54, 1.807) is 10.4 Å². The van der Waals surface area contributed by atoms with Crippen molar-refractivity contribution in [1.82, 2.24) is 10.2 Å². The first-order chi connectivity index (χ1) is 8.59. The van der Waals surface area contributed by atoms with Crippen LogP contribution in [-0.4, -0.2) is 31.6 Å². The van der Waals surface area contributed by atoms with Crippen molar-refractivity contribution in [3.05, 3.63) is 21.9 Å². The molecule has 0 spiro atoms. The van der Waals surface area contributed by atoms with Gasteiger partial charge in [0.1, 0.15) is 0 Å². The van der Waals surface area contributed by atoms with Gasteiger partial charge in [-0.05, 0) is 56.3 Å². The van der Waals surface area contributed by atoms with Gasteiger partial charge in [0.2, 0.25) is 0 Å². The zero-order valence-corrected chi connectivity index (χ0v) is 12.9. The first-order valence-corrected chi connectivity index (χ1v) is 7.93. The van der Waals surface area contributed by atoms with Gasteiger partial charge in [0.15, 0.2) is 0 Å². The Balaban J connectivity index is 1.95. The van der Waals surface area contributed by atoms with E-state index in [0.717, 1.165) is 6.54 Å². The molecule has 0 aliphatic heterocycles. The van der Waals surface area contributed by atoms with Gasteiger partial charge in [0.05, 0.1) is 0 Å². The first-order valence-electron chi connectivity index (χ1n) is 7.05. The fourth-order valence-corrected chi connectivity index (χ4v) is 3.96. The molecule has 0 radical (unpaired) electrons. The summed E-state index contributed by atoms with van der Waals surface area (Å²) >= 11 is 1.93. The lowest BCUT2D eigenvalue weighted by Gasteiger charge is -2.31. The number of rotatable bonds is 5. The van der Waals surface area contributed by atoms with Gasteiger partial charge in [-0.3, -0.25) is 0 Å². The average molecular weight is 266 g/mol. The van der Waals surface area contributed by atoms with Crippen LogP contribution in [0.5, 0.6) is 0 Å². The maximum Gasteiger partial charge on any atom is 0.0332 e. The van der Waals surface area contributed by atoms with E-state index in [-0.39, 0.29) is 0 Å². The molecule has 0 saturated carbocycles. The monoisotopic (exact) mass is 266 g/mol. The number of hydrogen-bond donors (Lipinski definition) is 1. The van der Waals surface area contributed by atoms with Crippen LogP contribution in [-0.2, 0) is 6.42 Å². The Labute approximate surface area is 115 Å². The van der Waals surface area contributed by atoms with Crippen molar-refractivity contribution in [2.75, 3.05) is 20.6 Å². The van der Waals surface area contributed by atoms with Crippen molar-refractivity contribution in [3.63, 3.8) is 0 Å². The van der Waals surface area contributed by atoms with Gasteiger partial charge in [-0.2, -0.15) is 0 Å². The van der Waals surface area contributed by atoms with E-state index in [1.165, 1.54) is 19.3 Å². The van der Waals surface area contributed by atoms with Crippen molar-refractivity contribution in [2.45, 2.75) is 45.2 Å². The van der Waals surface area contributed by atoms with Crippen LogP contribution < -0.4 is 5.32 Å². The number of nitrogens with zero attached hydrogens (tertiary/aromatic N) is 1. The van der Waals surface area contributed by atoms with Crippen molar-refractivity contribution in [3.8, 4) is 0 Å². The summed E-state index contributed by atoms with van der Waals surface area (Å²) in [6.07, 6.45) is 3.91. The lowest BCUT2D eigenvalue weighted by Crippen LogP contribution is -2.42. The van der Waals surface area contributed by atoms with E-state index >= 15 is 0 Å². The van der Waals surface area contributed by atoms with Crippen molar-refractivity contribution >= 4 is 11.3 Å². The van der Waals surface area contributed by atoms with E-state index in [9.17, 15) is 0 Å². The van der Waals surface area contributed by atoms with E-state index in [4.69, 9.17) is 0 Å². The van der Waals surface area contributed by atoms with E-state index in [2.05, 4.69) is 49.6 Å². The minimum Gasteiger partial charge on any atom is -0.308 e. The van der Waals surface area contributed by atoms with Gasteiger partial charge >= 0.3 is 0 Å². The molecule has 2 atom stereocenters. The summed E-state index contributed by atoms with van der Waals surface area (Å²) in [6.45, 7) is 5.71. The van der Waals surface area contributed by atoms with E-state index < -0.39 is 0 Å². The molecule has 0 amide bonds. The Morgan fingerprint density at radius 2 is 2.22 bits per heavy atom. The highest BCUT2D eigenvalue weighted by molar-refractivity contribution is 7.10. The van der Waals surface area contributed by atoms with Crippen molar-refractivity contribution < 1.29 is 0 Å². The maximum atomic E-state index is 3.79. The van der Waals surface area contributed by atoms with Crippen LogP contribution in [0.4, 0.5) is 0 Å². The normalized spacial score (nSPS) is 21.3. The summed E-state index contributed by atoms with van der Waals surface area (Å²) in [4.78, 5) is 3.94. The minimum absolute atomic E-state index is 0.584. The molecule has 2 rings (SSSR count). The van der Waals surface area contributed by atoms with E-state index in [1.807, 2.05) is 11.3 Å². The predicted molar refractivity (Wildman–Crippen MR) is 80.3 cm³/mol. The topological polar surface area (TPSA) is 15.3 Å². The number of aryl methyl sites for hydroxylation is 1. The predicted octanol–water partition coefficient (Wildman–Crippen LogP) is 3.30. The Morgan fingerprint density at radius 1 is 1.44 bits per heavy atom. The van der Waals surface area contributed by atoms with Crippen molar-refractivity contribution in [2.24, 2.45) is 5.92 Å². The summed E-state index contributed by atoms with van der Waals surface area (Å²) in [7, 11) is 4.37. The molecule has 1 aliphatic rings. The molecule has 2 nitrogen and oxygen atoms in total. The Morgan fingerprint density at radius 3 is 2.89 bits per heavy atom. The average Bonchev–Trinajstić information content (AvgIpc) is 2.77. The van der Waals surface area contributed by atoms with Gasteiger partial charge < -0.3 is 10.2 Å². The smallest absolute Gasteiger partial charge is 0.0332 e. The van der Waals surface area contributed by atoms with Crippen LogP contribution in [0.1, 0.15) is 43.2 Å². The van der Waals surface area contributed by atoms with Crippen LogP contribution in [0.3, 0.4) is 0 Å². The van der Waals surface area contributed by atoms with Gasteiger partial charge in [0, 0.05) is 23.5 Å². The second-order valence-electron chi connectivity index (χ2n) is 5.93. The molecular weight excluding hydrogens is 240 g/mol. The number of hydrogen-bond acceptors (Lipinski definition) is 3. The fourth-order valence-electron chi connectivity index (χ4n) is 2.98. The van der Waals surface area contributed by atoms with E-state index in [0.29, 0.717) is 18.0 Å². The van der Waals surface area contributed by atoms with Gasteiger partial charge in [-0.25, -0.2) is 0 Å². The third kappa shape index (κ3) is 3.14. The quantitative estimate of drug-likeness (QED) is 0.879. The Hall–Kier alpha value is -0.380. The zero-order valence-electron chi connectivity index (χ0n) is 12.1. The number of fused-ring (bicyclic) bond motifs is 1. The molecule has 1 heterocycles. The molecule has 0 aromatic carbocycles. The van der Waals surface area contributed by atoms with Crippen molar-refractivity contribution in [1.29, 1.82) is 0 Å². The lowest BCUT2D eigenvalue weighted by atomic mass is 9.93. The zero-order chi connectivity index (χ0) is 13.1. The molecule has 18 heavy (non-hydrogen) atoms. The SMILES string of the molecule is CC(C)C(CNC1CCCc2sccc21)N(C)C. The highest BCUT2D eigenvalue weighted by Crippen LogP contribution is 2.33. The highest BCUT2D eigenvalue weighted by atomic mass is 32.1. The largest absolute Gasteiger partial charge is 0.308 e. The van der Waals surface area contributed by atoms with Crippen LogP contribution in [0.25, 0.3) is 0 Å². The van der Waals surface area contributed by atoms with Gasteiger partial charge in [-0.1, -0.05) is 13.8 Å². The molecule has 0 fully saturated rings. The summed E-state index contributed by atoms with van der Waals surface area (Å²) in [5.41, 5.74) is 1.56.